The standard InChI is InChI=1S/C35H32O8.C2H6/c1-3-33(36)41-21-5-19-39-30-15-17-31(18-16-30)43-35(38)26-9-7-25(8-10-26)27-11-12-29-24-32(14-13-28(29)23-27)40-20-6-22-42-34(37)4-2;1-2/h3-4,7-18,23-24H,1-2,5-6,19-22H2;1-2H3. The number of esters is 3. The average Bonchev–Trinajstić information content (AvgIpc) is 3.09. The Labute approximate surface area is 263 Å². The first kappa shape index (κ1) is 34.1. The van der Waals surface area contributed by atoms with E-state index in [1.54, 1.807) is 36.4 Å². The molecule has 0 aliphatic carbocycles. The SMILES string of the molecule is C=CC(=O)OCCCOc1ccc(OC(=O)c2ccc(-c3ccc4cc(OCCCOC(=O)C=C)ccc4c3)cc2)cc1.CC. The van der Waals surface area contributed by atoms with Crippen LogP contribution in [-0.4, -0.2) is 44.3 Å². The van der Waals surface area contributed by atoms with Gasteiger partial charge >= 0.3 is 17.9 Å². The van der Waals surface area contributed by atoms with Crippen molar-refractivity contribution in [1.82, 2.24) is 0 Å². The van der Waals surface area contributed by atoms with Crippen molar-refractivity contribution < 1.29 is 38.1 Å². The van der Waals surface area contributed by atoms with Gasteiger partial charge in [-0.05, 0) is 76.5 Å². The fourth-order valence-corrected chi connectivity index (χ4v) is 4.02. The number of rotatable bonds is 15. The summed E-state index contributed by atoms with van der Waals surface area (Å²) in [7, 11) is 0. The Morgan fingerprint density at radius 1 is 0.578 bits per heavy atom. The highest BCUT2D eigenvalue weighted by Gasteiger charge is 2.10. The molecule has 0 heterocycles. The predicted molar refractivity (Wildman–Crippen MR) is 175 cm³/mol. The topological polar surface area (TPSA) is 97.4 Å². The van der Waals surface area contributed by atoms with Crippen LogP contribution in [0.25, 0.3) is 21.9 Å². The zero-order valence-electron chi connectivity index (χ0n) is 25.7. The van der Waals surface area contributed by atoms with Gasteiger partial charge in [-0.25, -0.2) is 14.4 Å². The van der Waals surface area contributed by atoms with E-state index in [0.717, 1.165) is 39.8 Å². The molecular formula is C37H38O8. The Hall–Kier alpha value is -5.37. The first-order valence-electron chi connectivity index (χ1n) is 14.8. The van der Waals surface area contributed by atoms with E-state index >= 15 is 0 Å². The van der Waals surface area contributed by atoms with Crippen molar-refractivity contribution in [3.63, 3.8) is 0 Å². The van der Waals surface area contributed by atoms with Gasteiger partial charge in [0.05, 0.1) is 32.0 Å². The summed E-state index contributed by atoms with van der Waals surface area (Å²) in [6.45, 7) is 12.0. The van der Waals surface area contributed by atoms with Crippen LogP contribution in [0, 0.1) is 0 Å². The fourth-order valence-electron chi connectivity index (χ4n) is 4.02. The van der Waals surface area contributed by atoms with E-state index in [1.807, 2.05) is 56.3 Å². The Morgan fingerprint density at radius 3 is 1.67 bits per heavy atom. The second kappa shape index (κ2) is 18.3. The Balaban J connectivity index is 0.00000271. The Bertz CT molecular complexity index is 1570. The fraction of sp³-hybridized carbons (Fsp3) is 0.216. The molecule has 0 aliphatic heterocycles. The van der Waals surface area contributed by atoms with Crippen LogP contribution in [0.15, 0.2) is 110 Å². The number of fused-ring (bicyclic) bond motifs is 1. The minimum Gasteiger partial charge on any atom is -0.493 e. The molecule has 0 saturated heterocycles. The lowest BCUT2D eigenvalue weighted by molar-refractivity contribution is -0.138. The molecule has 4 aromatic rings. The van der Waals surface area contributed by atoms with Crippen molar-refractivity contribution in [1.29, 1.82) is 0 Å². The van der Waals surface area contributed by atoms with Gasteiger partial charge in [0, 0.05) is 25.0 Å². The zero-order chi connectivity index (χ0) is 32.4. The zero-order valence-corrected chi connectivity index (χ0v) is 25.7. The number of ether oxygens (including phenoxy) is 5. The highest BCUT2D eigenvalue weighted by atomic mass is 16.5. The number of hydrogen-bond acceptors (Lipinski definition) is 8. The maximum Gasteiger partial charge on any atom is 0.343 e. The second-order valence-corrected chi connectivity index (χ2v) is 9.31. The smallest absolute Gasteiger partial charge is 0.343 e. The van der Waals surface area contributed by atoms with E-state index in [4.69, 9.17) is 23.7 Å². The molecule has 0 atom stereocenters. The molecule has 0 aliphatic rings. The summed E-state index contributed by atoms with van der Waals surface area (Å²) in [5.74, 6) is 0.385. The van der Waals surface area contributed by atoms with Gasteiger partial charge in [-0.2, -0.15) is 0 Å². The van der Waals surface area contributed by atoms with Crippen molar-refractivity contribution in [3.05, 3.63) is 116 Å². The van der Waals surface area contributed by atoms with Gasteiger partial charge in [-0.15, -0.1) is 0 Å². The van der Waals surface area contributed by atoms with Crippen molar-refractivity contribution >= 4 is 28.7 Å². The van der Waals surface area contributed by atoms with Crippen LogP contribution in [0.5, 0.6) is 17.2 Å². The number of benzene rings is 4. The molecule has 0 amide bonds. The summed E-state index contributed by atoms with van der Waals surface area (Å²) in [5, 5.41) is 2.08. The maximum absolute atomic E-state index is 12.7. The summed E-state index contributed by atoms with van der Waals surface area (Å²) in [6, 6.07) is 26.0. The van der Waals surface area contributed by atoms with Gasteiger partial charge in [-0.3, -0.25) is 0 Å². The summed E-state index contributed by atoms with van der Waals surface area (Å²) in [6.07, 6.45) is 3.38. The second-order valence-electron chi connectivity index (χ2n) is 9.31. The maximum atomic E-state index is 12.7. The van der Waals surface area contributed by atoms with Crippen LogP contribution >= 0.6 is 0 Å². The van der Waals surface area contributed by atoms with Gasteiger partial charge in [0.1, 0.15) is 17.2 Å². The van der Waals surface area contributed by atoms with Crippen molar-refractivity contribution in [2.24, 2.45) is 0 Å². The molecule has 0 unspecified atom stereocenters. The van der Waals surface area contributed by atoms with Gasteiger partial charge in [0.25, 0.3) is 0 Å². The molecule has 8 heteroatoms. The minimum absolute atomic E-state index is 0.247. The quantitative estimate of drug-likeness (QED) is 0.0583. The van der Waals surface area contributed by atoms with Gasteiger partial charge in [-0.1, -0.05) is 57.3 Å². The number of carbonyl (C=O) groups excluding carboxylic acids is 3. The normalized spacial score (nSPS) is 10.1. The summed E-state index contributed by atoms with van der Waals surface area (Å²) >= 11 is 0. The highest BCUT2D eigenvalue weighted by molar-refractivity contribution is 5.92. The van der Waals surface area contributed by atoms with Crippen LogP contribution in [0.3, 0.4) is 0 Å². The molecule has 0 spiro atoms. The van der Waals surface area contributed by atoms with Crippen LogP contribution < -0.4 is 14.2 Å². The summed E-state index contributed by atoms with van der Waals surface area (Å²) < 4.78 is 26.7. The monoisotopic (exact) mass is 610 g/mol. The molecule has 0 saturated carbocycles. The Morgan fingerprint density at radius 2 is 1.07 bits per heavy atom. The lowest BCUT2D eigenvalue weighted by Gasteiger charge is -2.10. The number of hydrogen-bond donors (Lipinski definition) is 0. The van der Waals surface area contributed by atoms with E-state index in [9.17, 15) is 14.4 Å². The van der Waals surface area contributed by atoms with E-state index in [0.29, 0.717) is 43.1 Å². The molecule has 0 N–H and O–H groups in total. The third kappa shape index (κ3) is 11.0. The van der Waals surface area contributed by atoms with Crippen molar-refractivity contribution in [2.45, 2.75) is 26.7 Å². The molecule has 0 radical (unpaired) electrons. The van der Waals surface area contributed by atoms with E-state index in [2.05, 4.69) is 19.2 Å². The van der Waals surface area contributed by atoms with Crippen molar-refractivity contribution in [2.75, 3.05) is 26.4 Å². The van der Waals surface area contributed by atoms with Crippen LogP contribution in [0.1, 0.15) is 37.0 Å². The van der Waals surface area contributed by atoms with Crippen molar-refractivity contribution in [3.8, 4) is 28.4 Å². The van der Waals surface area contributed by atoms with Crippen LogP contribution in [-0.2, 0) is 19.1 Å². The summed E-state index contributed by atoms with van der Waals surface area (Å²) in [5.41, 5.74) is 2.41. The summed E-state index contributed by atoms with van der Waals surface area (Å²) in [4.78, 5) is 34.8. The number of carbonyl (C=O) groups is 3. The molecule has 0 fully saturated rings. The van der Waals surface area contributed by atoms with Gasteiger partial charge in [0.15, 0.2) is 0 Å². The first-order valence-corrected chi connectivity index (χ1v) is 14.8. The largest absolute Gasteiger partial charge is 0.493 e. The third-order valence-corrected chi connectivity index (χ3v) is 6.24. The molecule has 4 rings (SSSR count). The highest BCUT2D eigenvalue weighted by Crippen LogP contribution is 2.28. The predicted octanol–water partition coefficient (Wildman–Crippen LogP) is 7.75. The minimum atomic E-state index is -0.464. The molecule has 0 bridgehead atoms. The lowest BCUT2D eigenvalue weighted by atomic mass is 10.00. The molecule has 8 nitrogen and oxygen atoms in total. The third-order valence-electron chi connectivity index (χ3n) is 6.24. The van der Waals surface area contributed by atoms with E-state index in [-0.39, 0.29) is 13.2 Å². The molecular weight excluding hydrogens is 572 g/mol. The molecule has 0 aromatic heterocycles. The lowest BCUT2D eigenvalue weighted by Crippen LogP contribution is -2.08. The molecule has 45 heavy (non-hydrogen) atoms. The van der Waals surface area contributed by atoms with E-state index in [1.165, 1.54) is 0 Å². The Kier molecular flexibility index (Phi) is 13.9. The average molecular weight is 611 g/mol. The van der Waals surface area contributed by atoms with E-state index < -0.39 is 17.9 Å². The van der Waals surface area contributed by atoms with Gasteiger partial charge < -0.3 is 23.7 Å². The first-order chi connectivity index (χ1) is 21.9. The van der Waals surface area contributed by atoms with Crippen LogP contribution in [0.4, 0.5) is 0 Å². The molecule has 4 aromatic carbocycles. The molecule has 234 valence electrons. The van der Waals surface area contributed by atoms with Gasteiger partial charge in [0.2, 0.25) is 0 Å². The van der Waals surface area contributed by atoms with Crippen LogP contribution in [0.2, 0.25) is 0 Å².